The van der Waals surface area contributed by atoms with Gasteiger partial charge in [0.15, 0.2) is 0 Å². The topological polar surface area (TPSA) is 0 Å². The minimum Gasteiger partial charge on any atom is -0.102 e. The summed E-state index contributed by atoms with van der Waals surface area (Å²) in [4.78, 5) is 0. The number of allylic oxidation sites excluding steroid dienone is 1. The molecule has 0 saturated carbocycles. The van der Waals surface area contributed by atoms with Gasteiger partial charge in [0.25, 0.3) is 0 Å². The van der Waals surface area contributed by atoms with Crippen molar-refractivity contribution in [3.8, 4) is 0 Å². The number of rotatable bonds is 3. The summed E-state index contributed by atoms with van der Waals surface area (Å²) in [5.74, 6) is 0.183. The van der Waals surface area contributed by atoms with Crippen molar-refractivity contribution in [2.45, 2.75) is 19.3 Å². The van der Waals surface area contributed by atoms with E-state index in [2.05, 4.69) is 54.6 Å². The first-order valence-corrected chi connectivity index (χ1v) is 5.21. The van der Waals surface area contributed by atoms with Crippen molar-refractivity contribution in [1.29, 1.82) is 0 Å². The van der Waals surface area contributed by atoms with Gasteiger partial charge in [-0.25, -0.2) is 0 Å². The molecule has 1 radical (unpaired) electrons. The van der Waals surface area contributed by atoms with Gasteiger partial charge >= 0.3 is 0 Å². The van der Waals surface area contributed by atoms with E-state index in [1.165, 1.54) is 11.1 Å². The molecule has 0 nitrogen and oxygen atoms in total. The van der Waals surface area contributed by atoms with E-state index in [9.17, 15) is 0 Å². The Morgan fingerprint density at radius 2 is 2.15 bits per heavy atom. The quantitative estimate of drug-likeness (QED) is 0.695. The summed E-state index contributed by atoms with van der Waals surface area (Å²) in [6.45, 7) is 9.90. The third-order valence-corrected chi connectivity index (χ3v) is 2.56. The highest BCUT2D eigenvalue weighted by Gasteiger charge is 2.03. The minimum absolute atomic E-state index is 0.183. The van der Waals surface area contributed by atoms with Gasteiger partial charge in [-0.2, -0.15) is 0 Å². The zero-order valence-electron chi connectivity index (χ0n) is 7.89. The lowest BCUT2D eigenvalue weighted by Crippen LogP contribution is -1.91. The fraction of sp³-hybridized carbons (Fsp3) is 0.250. The van der Waals surface area contributed by atoms with Crippen LogP contribution in [0.5, 0.6) is 0 Å². The molecule has 0 aliphatic heterocycles. The normalized spacial score (nSPS) is 12.5. The average molecular weight is 238 g/mol. The lowest BCUT2D eigenvalue weighted by molar-refractivity contribution is 1.05. The van der Waals surface area contributed by atoms with E-state index in [0.717, 1.165) is 10.9 Å². The van der Waals surface area contributed by atoms with Gasteiger partial charge in [-0.15, -0.1) is 6.58 Å². The second-order valence-electron chi connectivity index (χ2n) is 3.09. The third-order valence-electron chi connectivity index (χ3n) is 2.10. The number of aryl methyl sites for hydroxylation is 1. The summed E-state index contributed by atoms with van der Waals surface area (Å²) in [5, 5.41) is 0. The Bertz CT molecular complexity index is 302. The number of halogens is 1. The van der Waals surface area contributed by atoms with Crippen LogP contribution in [0, 0.1) is 6.92 Å². The number of benzene rings is 1. The molecule has 13 heavy (non-hydrogen) atoms. The molecule has 1 aromatic carbocycles. The van der Waals surface area contributed by atoms with Gasteiger partial charge < -0.3 is 0 Å². The SMILES string of the molecule is [CH2]C(C=C)c1cc(Br)cc(CC)c1. The van der Waals surface area contributed by atoms with Gasteiger partial charge in [-0.1, -0.05) is 35.0 Å². The van der Waals surface area contributed by atoms with Crippen LogP contribution in [0.1, 0.15) is 24.0 Å². The number of hydrogen-bond donors (Lipinski definition) is 0. The van der Waals surface area contributed by atoms with Gasteiger partial charge in [0.2, 0.25) is 0 Å². The molecule has 0 saturated heterocycles. The van der Waals surface area contributed by atoms with Crippen LogP contribution in [0.4, 0.5) is 0 Å². The molecule has 0 N–H and O–H groups in total. The lowest BCUT2D eigenvalue weighted by Gasteiger charge is -2.08. The second-order valence-corrected chi connectivity index (χ2v) is 4.00. The molecule has 1 atom stereocenters. The second kappa shape index (κ2) is 4.61. The highest BCUT2D eigenvalue weighted by molar-refractivity contribution is 9.10. The standard InChI is InChI=1S/C12H14Br/c1-4-9(3)11-6-10(5-2)7-12(13)8-11/h4,6-9H,1,3,5H2,2H3. The number of hydrogen-bond acceptors (Lipinski definition) is 0. The molecule has 0 bridgehead atoms. The fourth-order valence-corrected chi connectivity index (χ4v) is 1.79. The van der Waals surface area contributed by atoms with Crippen molar-refractivity contribution < 1.29 is 0 Å². The Morgan fingerprint density at radius 3 is 2.69 bits per heavy atom. The summed E-state index contributed by atoms with van der Waals surface area (Å²) >= 11 is 3.49. The van der Waals surface area contributed by atoms with Crippen molar-refractivity contribution in [2.75, 3.05) is 0 Å². The molecule has 1 unspecified atom stereocenters. The maximum absolute atomic E-state index is 4.00. The minimum atomic E-state index is 0.183. The van der Waals surface area contributed by atoms with Crippen LogP contribution in [-0.4, -0.2) is 0 Å². The first-order valence-electron chi connectivity index (χ1n) is 4.42. The Balaban J connectivity index is 3.07. The van der Waals surface area contributed by atoms with Gasteiger partial charge in [0.1, 0.15) is 0 Å². The maximum Gasteiger partial charge on any atom is 0.0180 e. The van der Waals surface area contributed by atoms with E-state index in [-0.39, 0.29) is 5.92 Å². The van der Waals surface area contributed by atoms with Gasteiger partial charge in [0, 0.05) is 10.4 Å². The van der Waals surface area contributed by atoms with Crippen LogP contribution in [0.15, 0.2) is 35.3 Å². The van der Waals surface area contributed by atoms with Gasteiger partial charge in [0.05, 0.1) is 0 Å². The zero-order chi connectivity index (χ0) is 9.84. The molecular weight excluding hydrogens is 224 g/mol. The largest absolute Gasteiger partial charge is 0.102 e. The van der Waals surface area contributed by atoms with Crippen LogP contribution in [0.2, 0.25) is 0 Å². The maximum atomic E-state index is 4.00. The first kappa shape index (κ1) is 10.5. The van der Waals surface area contributed by atoms with Gasteiger partial charge in [-0.05, 0) is 36.6 Å². The molecule has 0 aromatic heterocycles. The molecule has 0 aliphatic rings. The van der Waals surface area contributed by atoms with Crippen LogP contribution >= 0.6 is 15.9 Å². The zero-order valence-corrected chi connectivity index (χ0v) is 9.47. The molecule has 0 spiro atoms. The molecule has 0 fully saturated rings. The molecule has 69 valence electrons. The van der Waals surface area contributed by atoms with Crippen molar-refractivity contribution in [3.63, 3.8) is 0 Å². The van der Waals surface area contributed by atoms with Crippen LogP contribution in [0.3, 0.4) is 0 Å². The smallest absolute Gasteiger partial charge is 0.0180 e. The van der Waals surface area contributed by atoms with Crippen molar-refractivity contribution in [3.05, 3.63) is 53.4 Å². The van der Waals surface area contributed by atoms with Crippen LogP contribution in [0.25, 0.3) is 0 Å². The summed E-state index contributed by atoms with van der Waals surface area (Å²) in [5.41, 5.74) is 2.56. The highest BCUT2D eigenvalue weighted by Crippen LogP contribution is 2.22. The monoisotopic (exact) mass is 237 g/mol. The van der Waals surface area contributed by atoms with E-state index in [1.807, 2.05) is 6.08 Å². The molecule has 1 aromatic rings. The average Bonchev–Trinajstić information content (AvgIpc) is 2.15. The third kappa shape index (κ3) is 2.70. The van der Waals surface area contributed by atoms with Crippen LogP contribution < -0.4 is 0 Å². The molecule has 0 amide bonds. The van der Waals surface area contributed by atoms with E-state index >= 15 is 0 Å². The Hall–Kier alpha value is -0.560. The molecule has 0 heterocycles. The summed E-state index contributed by atoms with van der Waals surface area (Å²) < 4.78 is 1.12. The first-order chi connectivity index (χ1) is 6.17. The lowest BCUT2D eigenvalue weighted by atomic mass is 9.98. The summed E-state index contributed by atoms with van der Waals surface area (Å²) in [7, 11) is 0. The van der Waals surface area contributed by atoms with Crippen LogP contribution in [-0.2, 0) is 6.42 Å². The molecule has 1 heteroatoms. The Morgan fingerprint density at radius 1 is 1.46 bits per heavy atom. The summed E-state index contributed by atoms with van der Waals surface area (Å²) in [6, 6.07) is 6.42. The molecule has 0 aliphatic carbocycles. The van der Waals surface area contributed by atoms with E-state index < -0.39 is 0 Å². The molecular formula is C12H14Br. The van der Waals surface area contributed by atoms with E-state index in [4.69, 9.17) is 0 Å². The predicted molar refractivity (Wildman–Crippen MR) is 61.8 cm³/mol. The summed E-state index contributed by atoms with van der Waals surface area (Å²) in [6.07, 6.45) is 2.91. The van der Waals surface area contributed by atoms with Crippen molar-refractivity contribution in [1.82, 2.24) is 0 Å². The van der Waals surface area contributed by atoms with Crippen molar-refractivity contribution in [2.24, 2.45) is 0 Å². The molecule has 1 rings (SSSR count). The Kier molecular flexibility index (Phi) is 3.73. The highest BCUT2D eigenvalue weighted by atomic mass is 79.9. The fourth-order valence-electron chi connectivity index (χ4n) is 1.23. The van der Waals surface area contributed by atoms with Gasteiger partial charge in [-0.3, -0.25) is 0 Å². The van der Waals surface area contributed by atoms with E-state index in [1.54, 1.807) is 0 Å². The predicted octanol–water partition coefficient (Wildman–Crippen LogP) is 4.12. The van der Waals surface area contributed by atoms with Crippen molar-refractivity contribution >= 4 is 15.9 Å². The Labute approximate surface area is 88.8 Å². The van der Waals surface area contributed by atoms with E-state index in [0.29, 0.717) is 0 Å².